The molecule has 1 saturated heterocycles. The predicted molar refractivity (Wildman–Crippen MR) is 81.7 cm³/mol. The van der Waals surface area contributed by atoms with Crippen molar-refractivity contribution < 1.29 is 9.59 Å². The third kappa shape index (κ3) is 1.33. The van der Waals surface area contributed by atoms with Crippen LogP contribution in [-0.2, 0) is 9.59 Å². The summed E-state index contributed by atoms with van der Waals surface area (Å²) >= 11 is 6.18. The zero-order valence-corrected chi connectivity index (χ0v) is 12.3. The van der Waals surface area contributed by atoms with E-state index >= 15 is 0 Å². The highest BCUT2D eigenvalue weighted by Crippen LogP contribution is 2.59. The maximum Gasteiger partial charge on any atom is 0.231 e. The Labute approximate surface area is 132 Å². The lowest BCUT2D eigenvalue weighted by molar-refractivity contribution is -0.126. The van der Waals surface area contributed by atoms with Crippen molar-refractivity contribution in [3.8, 4) is 0 Å². The number of halogens is 1. The highest BCUT2D eigenvalue weighted by molar-refractivity contribution is 6.30. The van der Waals surface area contributed by atoms with E-state index in [9.17, 15) is 9.59 Å². The van der Waals surface area contributed by atoms with Gasteiger partial charge in [-0.15, -0.1) is 0 Å². The van der Waals surface area contributed by atoms with Crippen LogP contribution in [0.4, 0.5) is 0 Å². The van der Waals surface area contributed by atoms with E-state index in [-0.39, 0.29) is 35.5 Å². The summed E-state index contributed by atoms with van der Waals surface area (Å²) < 4.78 is 0. The second-order valence-electron chi connectivity index (χ2n) is 6.26. The molecule has 0 aromatic heterocycles. The Morgan fingerprint density at radius 2 is 1.32 bits per heavy atom. The fourth-order valence-corrected chi connectivity index (χ4v) is 4.80. The van der Waals surface area contributed by atoms with E-state index < -0.39 is 0 Å². The maximum absolute atomic E-state index is 12.3. The maximum atomic E-state index is 12.3. The van der Waals surface area contributed by atoms with Gasteiger partial charge in [-0.25, -0.2) is 0 Å². The summed E-state index contributed by atoms with van der Waals surface area (Å²) in [6.07, 6.45) is 0. The number of hydrogen-bond acceptors (Lipinski definition) is 2. The van der Waals surface area contributed by atoms with Gasteiger partial charge in [0.05, 0.1) is 11.8 Å². The molecular weight excluding hydrogens is 298 g/mol. The summed E-state index contributed by atoms with van der Waals surface area (Å²) in [4.78, 5) is 24.7. The third-order valence-corrected chi connectivity index (χ3v) is 5.58. The van der Waals surface area contributed by atoms with Crippen molar-refractivity contribution in [1.82, 2.24) is 5.32 Å². The molecule has 2 bridgehead atoms. The van der Waals surface area contributed by atoms with Gasteiger partial charge >= 0.3 is 0 Å². The Kier molecular flexibility index (Phi) is 2.25. The number of carbonyl (C=O) groups excluding carboxylic acids is 2. The van der Waals surface area contributed by atoms with Gasteiger partial charge in [0.1, 0.15) is 0 Å². The van der Waals surface area contributed by atoms with Crippen LogP contribution in [0.15, 0.2) is 42.5 Å². The molecule has 22 heavy (non-hydrogen) atoms. The molecule has 0 spiro atoms. The zero-order chi connectivity index (χ0) is 15.0. The zero-order valence-electron chi connectivity index (χ0n) is 11.5. The first-order valence-electron chi connectivity index (χ1n) is 7.39. The normalized spacial score (nSPS) is 30.6. The predicted octanol–water partition coefficient (Wildman–Crippen LogP) is 2.82. The highest BCUT2D eigenvalue weighted by Gasteiger charge is 2.58. The standard InChI is InChI=1S/C18H12ClNO2/c19-8-5-6-11-12(7-8)14-10-4-2-1-3-9(10)13(11)15-16(14)18(22)20-17(15)21/h1-7,13-16H,(H,20,21,22). The minimum atomic E-state index is -0.307. The molecule has 2 aromatic rings. The molecule has 4 aliphatic rings. The molecule has 4 atom stereocenters. The Morgan fingerprint density at radius 3 is 1.95 bits per heavy atom. The number of imide groups is 1. The number of nitrogens with one attached hydrogen (secondary N) is 1. The SMILES string of the molecule is O=C1NC(=O)C2C3c4ccccc4C(c4ccc(Cl)cc43)C12. The minimum absolute atomic E-state index is 0.0510. The summed E-state index contributed by atoms with van der Waals surface area (Å²) in [5.74, 6) is -1.01. The first kappa shape index (κ1) is 12.4. The number of carbonyl (C=O) groups is 2. The molecule has 1 aliphatic heterocycles. The smallest absolute Gasteiger partial charge is 0.231 e. The van der Waals surface area contributed by atoms with Gasteiger partial charge in [-0.3, -0.25) is 14.9 Å². The van der Waals surface area contributed by atoms with Crippen LogP contribution in [0.1, 0.15) is 34.1 Å². The van der Waals surface area contributed by atoms with Crippen LogP contribution in [0.5, 0.6) is 0 Å². The molecule has 0 saturated carbocycles. The first-order valence-corrected chi connectivity index (χ1v) is 7.77. The van der Waals surface area contributed by atoms with Crippen LogP contribution < -0.4 is 5.32 Å². The van der Waals surface area contributed by atoms with E-state index in [1.807, 2.05) is 30.3 Å². The lowest BCUT2D eigenvalue weighted by Crippen LogP contribution is -2.41. The average molecular weight is 310 g/mol. The van der Waals surface area contributed by atoms with Crippen molar-refractivity contribution in [1.29, 1.82) is 0 Å². The second kappa shape index (κ2) is 3.99. The number of rotatable bonds is 0. The topological polar surface area (TPSA) is 46.2 Å². The molecule has 2 amide bonds. The van der Waals surface area contributed by atoms with E-state index in [1.54, 1.807) is 0 Å². The van der Waals surface area contributed by atoms with Crippen molar-refractivity contribution in [2.45, 2.75) is 11.8 Å². The van der Waals surface area contributed by atoms with Gasteiger partial charge < -0.3 is 0 Å². The third-order valence-electron chi connectivity index (χ3n) is 5.34. The lowest BCUT2D eigenvalue weighted by Gasteiger charge is -2.46. The van der Waals surface area contributed by atoms with E-state index in [0.29, 0.717) is 5.02 Å². The Hall–Kier alpha value is -2.13. The molecule has 2 aromatic carbocycles. The van der Waals surface area contributed by atoms with Crippen LogP contribution in [0.3, 0.4) is 0 Å². The number of hydrogen-bond donors (Lipinski definition) is 1. The van der Waals surface area contributed by atoms with Crippen LogP contribution in [0.25, 0.3) is 0 Å². The second-order valence-corrected chi connectivity index (χ2v) is 6.70. The fraction of sp³-hybridized carbons (Fsp3) is 0.222. The Bertz CT molecular complexity index is 860. The van der Waals surface area contributed by atoms with Gasteiger partial charge in [-0.2, -0.15) is 0 Å². The van der Waals surface area contributed by atoms with Gasteiger partial charge in [0.15, 0.2) is 0 Å². The molecule has 3 nitrogen and oxygen atoms in total. The molecule has 108 valence electrons. The highest BCUT2D eigenvalue weighted by atomic mass is 35.5. The number of benzene rings is 2. The van der Waals surface area contributed by atoms with Crippen LogP contribution in [0.2, 0.25) is 5.02 Å². The summed E-state index contributed by atoms with van der Waals surface area (Å²) in [7, 11) is 0. The molecule has 1 N–H and O–H groups in total. The van der Waals surface area contributed by atoms with Gasteiger partial charge in [0, 0.05) is 16.9 Å². The summed E-state index contributed by atoms with van der Waals surface area (Å²) in [6.45, 7) is 0. The summed E-state index contributed by atoms with van der Waals surface area (Å²) in [5, 5.41) is 3.20. The summed E-state index contributed by atoms with van der Waals surface area (Å²) in [5.41, 5.74) is 4.57. The quantitative estimate of drug-likeness (QED) is 0.761. The minimum Gasteiger partial charge on any atom is -0.296 e. The van der Waals surface area contributed by atoms with Crippen molar-refractivity contribution in [2.24, 2.45) is 11.8 Å². The molecule has 0 radical (unpaired) electrons. The van der Waals surface area contributed by atoms with E-state index in [4.69, 9.17) is 11.6 Å². The molecule has 3 aliphatic carbocycles. The first-order chi connectivity index (χ1) is 10.7. The molecule has 4 heteroatoms. The Morgan fingerprint density at radius 1 is 0.773 bits per heavy atom. The fourth-order valence-electron chi connectivity index (χ4n) is 4.62. The number of amides is 2. The monoisotopic (exact) mass is 309 g/mol. The van der Waals surface area contributed by atoms with Crippen molar-refractivity contribution in [2.75, 3.05) is 0 Å². The van der Waals surface area contributed by atoms with Crippen LogP contribution in [-0.4, -0.2) is 11.8 Å². The summed E-state index contributed by atoms with van der Waals surface area (Å²) in [6, 6.07) is 14.0. The Balaban J connectivity index is 1.87. The molecule has 1 fully saturated rings. The van der Waals surface area contributed by atoms with E-state index in [1.165, 1.54) is 5.56 Å². The molecule has 6 rings (SSSR count). The molecule has 1 heterocycles. The van der Waals surface area contributed by atoms with E-state index in [2.05, 4.69) is 17.4 Å². The molecular formula is C18H12ClNO2. The average Bonchev–Trinajstić information content (AvgIpc) is 2.82. The van der Waals surface area contributed by atoms with Crippen molar-refractivity contribution >= 4 is 23.4 Å². The van der Waals surface area contributed by atoms with Crippen molar-refractivity contribution in [3.05, 3.63) is 69.7 Å². The van der Waals surface area contributed by atoms with Gasteiger partial charge in [0.2, 0.25) is 11.8 Å². The lowest BCUT2D eigenvalue weighted by atomic mass is 9.55. The van der Waals surface area contributed by atoms with Crippen molar-refractivity contribution in [3.63, 3.8) is 0 Å². The van der Waals surface area contributed by atoms with Gasteiger partial charge in [-0.1, -0.05) is 41.9 Å². The van der Waals surface area contributed by atoms with Gasteiger partial charge in [-0.05, 0) is 34.4 Å². The molecule has 4 unspecified atom stereocenters. The van der Waals surface area contributed by atoms with Crippen LogP contribution >= 0.6 is 11.6 Å². The van der Waals surface area contributed by atoms with Crippen LogP contribution in [0, 0.1) is 11.8 Å². The largest absolute Gasteiger partial charge is 0.296 e. The van der Waals surface area contributed by atoms with E-state index in [0.717, 1.165) is 16.7 Å². The van der Waals surface area contributed by atoms with Gasteiger partial charge in [0.25, 0.3) is 0 Å².